The molecule has 2 aromatic carbocycles. The summed E-state index contributed by atoms with van der Waals surface area (Å²) in [5, 5.41) is 11.9. The van der Waals surface area contributed by atoms with E-state index >= 15 is 0 Å². The number of anilines is 1. The third-order valence-corrected chi connectivity index (χ3v) is 2.78. The van der Waals surface area contributed by atoms with Gasteiger partial charge in [0.05, 0.1) is 5.56 Å². The summed E-state index contributed by atoms with van der Waals surface area (Å²) in [7, 11) is 0. The fraction of sp³-hybridized carbons (Fsp3) is 0.133. The smallest absolute Gasteiger partial charge is 0.338 e. The largest absolute Gasteiger partial charge is 0.478 e. The first kappa shape index (κ1) is 13.1. The maximum atomic E-state index is 13.2. The van der Waals surface area contributed by atoms with Crippen molar-refractivity contribution < 1.29 is 14.3 Å². The lowest BCUT2D eigenvalue weighted by molar-refractivity contribution is 0.0692. The molecule has 0 fully saturated rings. The van der Waals surface area contributed by atoms with Gasteiger partial charge in [0.25, 0.3) is 0 Å². The minimum Gasteiger partial charge on any atom is -0.478 e. The number of carbonyl (C=O) groups is 1. The van der Waals surface area contributed by atoms with E-state index in [-0.39, 0.29) is 5.56 Å². The summed E-state index contributed by atoms with van der Waals surface area (Å²) in [6, 6.07) is 12.0. The summed E-state index contributed by atoms with van der Waals surface area (Å²) in [6.45, 7) is 2.57. The molecular formula is C15H14FNO2. The van der Waals surface area contributed by atoms with Crippen molar-refractivity contribution in [3.05, 3.63) is 65.0 Å². The molecule has 0 aliphatic rings. The molecule has 0 heterocycles. The van der Waals surface area contributed by atoms with Crippen LogP contribution >= 0.6 is 0 Å². The highest BCUT2D eigenvalue weighted by atomic mass is 19.1. The monoisotopic (exact) mass is 259 g/mol. The Hall–Kier alpha value is -2.36. The molecule has 3 nitrogen and oxygen atoms in total. The molecule has 0 unspecified atom stereocenters. The highest BCUT2D eigenvalue weighted by Crippen LogP contribution is 2.16. The number of rotatable bonds is 4. The van der Waals surface area contributed by atoms with Crippen LogP contribution in [0.3, 0.4) is 0 Å². The van der Waals surface area contributed by atoms with Gasteiger partial charge in [-0.05, 0) is 30.7 Å². The fourth-order valence-electron chi connectivity index (χ4n) is 1.83. The number of carboxylic acid groups (broad SMARTS) is 1. The average Bonchev–Trinajstić information content (AvgIpc) is 2.37. The Labute approximate surface area is 110 Å². The van der Waals surface area contributed by atoms with Crippen LogP contribution in [0.1, 0.15) is 21.5 Å². The Morgan fingerprint density at radius 2 is 2.05 bits per heavy atom. The summed E-state index contributed by atoms with van der Waals surface area (Å²) < 4.78 is 13.2. The molecule has 2 aromatic rings. The predicted octanol–water partition coefficient (Wildman–Crippen LogP) is 3.44. The Kier molecular flexibility index (Phi) is 3.80. The second-order valence-electron chi connectivity index (χ2n) is 4.34. The SMILES string of the molecule is Cc1cccc(CNc2ccc(F)c(C(=O)O)c2)c1. The molecule has 2 rings (SSSR count). The number of carboxylic acids is 1. The van der Waals surface area contributed by atoms with Crippen molar-refractivity contribution in [1.82, 2.24) is 0 Å². The minimum absolute atomic E-state index is 0.325. The van der Waals surface area contributed by atoms with E-state index in [1.54, 1.807) is 0 Å². The predicted molar refractivity (Wildman–Crippen MR) is 71.9 cm³/mol. The standard InChI is InChI=1S/C15H14FNO2/c1-10-3-2-4-11(7-10)9-17-12-5-6-14(16)13(8-12)15(18)19/h2-8,17H,9H2,1H3,(H,18,19). The molecule has 0 saturated heterocycles. The van der Waals surface area contributed by atoms with E-state index in [1.807, 2.05) is 31.2 Å². The molecule has 4 heteroatoms. The zero-order chi connectivity index (χ0) is 13.8. The molecule has 0 bridgehead atoms. The molecule has 0 aliphatic carbocycles. The van der Waals surface area contributed by atoms with Gasteiger partial charge in [-0.25, -0.2) is 9.18 Å². The summed E-state index contributed by atoms with van der Waals surface area (Å²) in [5.74, 6) is -2.00. The first-order valence-corrected chi connectivity index (χ1v) is 5.88. The lowest BCUT2D eigenvalue weighted by atomic mass is 10.1. The summed E-state index contributed by atoms with van der Waals surface area (Å²) in [4.78, 5) is 10.8. The van der Waals surface area contributed by atoms with Crippen LogP contribution in [0, 0.1) is 12.7 Å². The van der Waals surface area contributed by atoms with Crippen molar-refractivity contribution in [2.75, 3.05) is 5.32 Å². The molecule has 0 amide bonds. The summed E-state index contributed by atoms with van der Waals surface area (Å²) >= 11 is 0. The minimum atomic E-state index is -1.27. The average molecular weight is 259 g/mol. The topological polar surface area (TPSA) is 49.3 Å². The quantitative estimate of drug-likeness (QED) is 0.884. The van der Waals surface area contributed by atoms with Gasteiger partial charge < -0.3 is 10.4 Å². The molecule has 0 radical (unpaired) electrons. The Bertz CT molecular complexity index is 611. The number of hydrogen-bond donors (Lipinski definition) is 2. The molecular weight excluding hydrogens is 245 g/mol. The van der Waals surface area contributed by atoms with E-state index in [1.165, 1.54) is 12.1 Å². The second-order valence-corrected chi connectivity index (χ2v) is 4.34. The van der Waals surface area contributed by atoms with E-state index in [2.05, 4.69) is 5.32 Å². The van der Waals surface area contributed by atoms with E-state index in [0.717, 1.165) is 17.2 Å². The number of benzene rings is 2. The molecule has 2 N–H and O–H groups in total. The van der Waals surface area contributed by atoms with Crippen LogP contribution in [0.25, 0.3) is 0 Å². The Morgan fingerprint density at radius 1 is 1.26 bits per heavy atom. The fourth-order valence-corrected chi connectivity index (χ4v) is 1.83. The van der Waals surface area contributed by atoms with Crippen molar-refractivity contribution in [3.8, 4) is 0 Å². The van der Waals surface area contributed by atoms with Crippen LogP contribution in [0.5, 0.6) is 0 Å². The highest BCUT2D eigenvalue weighted by Gasteiger charge is 2.10. The summed E-state index contributed by atoms with van der Waals surface area (Å²) in [5.41, 5.74) is 2.50. The lowest BCUT2D eigenvalue weighted by Crippen LogP contribution is -2.04. The normalized spacial score (nSPS) is 10.2. The van der Waals surface area contributed by atoms with Crippen LogP contribution in [0.4, 0.5) is 10.1 Å². The van der Waals surface area contributed by atoms with Crippen LogP contribution in [0.2, 0.25) is 0 Å². The molecule has 0 aliphatic heterocycles. The molecule has 0 aromatic heterocycles. The number of hydrogen-bond acceptors (Lipinski definition) is 2. The summed E-state index contributed by atoms with van der Waals surface area (Å²) in [6.07, 6.45) is 0. The van der Waals surface area contributed by atoms with E-state index in [4.69, 9.17) is 5.11 Å². The first-order chi connectivity index (χ1) is 9.06. The van der Waals surface area contributed by atoms with E-state index in [0.29, 0.717) is 12.2 Å². The second kappa shape index (κ2) is 5.52. The van der Waals surface area contributed by atoms with Crippen molar-refractivity contribution in [3.63, 3.8) is 0 Å². The zero-order valence-electron chi connectivity index (χ0n) is 10.5. The van der Waals surface area contributed by atoms with Crippen molar-refractivity contribution in [1.29, 1.82) is 0 Å². The van der Waals surface area contributed by atoms with Gasteiger partial charge in [0, 0.05) is 12.2 Å². The molecule has 0 saturated carbocycles. The van der Waals surface area contributed by atoms with Crippen molar-refractivity contribution >= 4 is 11.7 Å². The van der Waals surface area contributed by atoms with Gasteiger partial charge in [-0.2, -0.15) is 0 Å². The zero-order valence-corrected chi connectivity index (χ0v) is 10.5. The third kappa shape index (κ3) is 3.31. The van der Waals surface area contributed by atoms with Crippen LogP contribution < -0.4 is 5.32 Å². The van der Waals surface area contributed by atoms with Gasteiger partial charge in [0.1, 0.15) is 5.82 Å². The molecule has 0 atom stereocenters. The highest BCUT2D eigenvalue weighted by molar-refractivity contribution is 5.89. The number of aryl methyl sites for hydroxylation is 1. The number of halogens is 1. The number of nitrogens with one attached hydrogen (secondary N) is 1. The first-order valence-electron chi connectivity index (χ1n) is 5.88. The maximum absolute atomic E-state index is 13.2. The van der Waals surface area contributed by atoms with Crippen LogP contribution in [-0.2, 0) is 6.54 Å². The van der Waals surface area contributed by atoms with Gasteiger partial charge >= 0.3 is 5.97 Å². The van der Waals surface area contributed by atoms with Crippen LogP contribution in [0.15, 0.2) is 42.5 Å². The maximum Gasteiger partial charge on any atom is 0.338 e. The molecule has 98 valence electrons. The lowest BCUT2D eigenvalue weighted by Gasteiger charge is -2.08. The molecule has 19 heavy (non-hydrogen) atoms. The third-order valence-electron chi connectivity index (χ3n) is 2.78. The number of aromatic carboxylic acids is 1. The van der Waals surface area contributed by atoms with Gasteiger partial charge in [-0.15, -0.1) is 0 Å². The van der Waals surface area contributed by atoms with E-state index in [9.17, 15) is 9.18 Å². The van der Waals surface area contributed by atoms with Gasteiger partial charge in [-0.3, -0.25) is 0 Å². The Balaban J connectivity index is 2.12. The Morgan fingerprint density at radius 3 is 2.74 bits per heavy atom. The van der Waals surface area contributed by atoms with Gasteiger partial charge in [-0.1, -0.05) is 29.8 Å². The molecule has 0 spiro atoms. The van der Waals surface area contributed by atoms with Crippen molar-refractivity contribution in [2.24, 2.45) is 0 Å². The van der Waals surface area contributed by atoms with Crippen molar-refractivity contribution in [2.45, 2.75) is 13.5 Å². The van der Waals surface area contributed by atoms with Gasteiger partial charge in [0.15, 0.2) is 0 Å². The van der Waals surface area contributed by atoms with Crippen LogP contribution in [-0.4, -0.2) is 11.1 Å². The van der Waals surface area contributed by atoms with Gasteiger partial charge in [0.2, 0.25) is 0 Å². The van der Waals surface area contributed by atoms with E-state index < -0.39 is 11.8 Å².